The van der Waals surface area contributed by atoms with Gasteiger partial charge in [-0.2, -0.15) is 0 Å². The monoisotopic (exact) mass is 331 g/mol. The van der Waals surface area contributed by atoms with Crippen molar-refractivity contribution < 1.29 is 14.3 Å². The molecule has 2 heterocycles. The van der Waals surface area contributed by atoms with Crippen LogP contribution in [-0.4, -0.2) is 43.6 Å². The number of hydrogen-bond donors (Lipinski definition) is 2. The Bertz CT molecular complexity index is 588. The van der Waals surface area contributed by atoms with Crippen molar-refractivity contribution in [3.63, 3.8) is 0 Å². The number of anilines is 1. The van der Waals surface area contributed by atoms with Gasteiger partial charge in [-0.25, -0.2) is 0 Å². The molecule has 2 fully saturated rings. The second kappa shape index (κ2) is 7.66. The molecule has 2 amide bonds. The van der Waals surface area contributed by atoms with Crippen LogP contribution in [0.5, 0.6) is 5.75 Å². The summed E-state index contributed by atoms with van der Waals surface area (Å²) in [6, 6.07) is 7.80. The lowest BCUT2D eigenvalue weighted by Gasteiger charge is -2.30. The Morgan fingerprint density at radius 3 is 2.79 bits per heavy atom. The summed E-state index contributed by atoms with van der Waals surface area (Å²) in [6.45, 7) is 3.87. The first-order valence-electron chi connectivity index (χ1n) is 8.69. The topological polar surface area (TPSA) is 70.7 Å². The Hall–Kier alpha value is -2.08. The van der Waals surface area contributed by atoms with Gasteiger partial charge < -0.3 is 20.3 Å². The Kier molecular flexibility index (Phi) is 5.35. The molecule has 2 saturated heterocycles. The van der Waals surface area contributed by atoms with Crippen LogP contribution in [0.3, 0.4) is 0 Å². The zero-order valence-electron chi connectivity index (χ0n) is 14.1. The lowest BCUT2D eigenvalue weighted by molar-refractivity contribution is -0.124. The Labute approximate surface area is 142 Å². The summed E-state index contributed by atoms with van der Waals surface area (Å²) >= 11 is 0. The SMILES string of the molecule is CC1NCCCC1NC(=O)COc1ccc(N2CCCC2=O)cc1. The van der Waals surface area contributed by atoms with Gasteiger partial charge in [0.15, 0.2) is 6.61 Å². The lowest BCUT2D eigenvalue weighted by atomic mass is 10.00. The van der Waals surface area contributed by atoms with E-state index in [2.05, 4.69) is 17.6 Å². The van der Waals surface area contributed by atoms with Crippen LogP contribution in [0.15, 0.2) is 24.3 Å². The lowest BCUT2D eigenvalue weighted by Crippen LogP contribution is -2.52. The molecule has 130 valence electrons. The molecule has 1 aromatic rings. The molecule has 2 aliphatic rings. The second-order valence-corrected chi connectivity index (χ2v) is 6.49. The van der Waals surface area contributed by atoms with Crippen LogP contribution in [0.1, 0.15) is 32.6 Å². The van der Waals surface area contributed by atoms with Crippen molar-refractivity contribution in [2.24, 2.45) is 0 Å². The van der Waals surface area contributed by atoms with E-state index in [0.29, 0.717) is 18.2 Å². The Morgan fingerprint density at radius 2 is 2.12 bits per heavy atom. The smallest absolute Gasteiger partial charge is 0.258 e. The number of nitrogens with one attached hydrogen (secondary N) is 2. The van der Waals surface area contributed by atoms with Gasteiger partial charge in [-0.1, -0.05) is 0 Å². The van der Waals surface area contributed by atoms with Crippen LogP contribution in [-0.2, 0) is 9.59 Å². The Balaban J connectivity index is 1.47. The molecule has 6 heteroatoms. The van der Waals surface area contributed by atoms with Gasteiger partial charge in [-0.15, -0.1) is 0 Å². The number of hydrogen-bond acceptors (Lipinski definition) is 4. The number of rotatable bonds is 5. The van der Waals surface area contributed by atoms with Crippen LogP contribution in [0.4, 0.5) is 5.69 Å². The van der Waals surface area contributed by atoms with Crippen molar-refractivity contribution in [1.29, 1.82) is 0 Å². The molecule has 0 saturated carbocycles. The molecule has 24 heavy (non-hydrogen) atoms. The van der Waals surface area contributed by atoms with Gasteiger partial charge in [0.25, 0.3) is 5.91 Å². The summed E-state index contributed by atoms with van der Waals surface area (Å²) in [6.07, 6.45) is 3.60. The molecule has 0 radical (unpaired) electrons. The van der Waals surface area contributed by atoms with Gasteiger partial charge in [0.1, 0.15) is 5.75 Å². The first-order valence-corrected chi connectivity index (χ1v) is 8.69. The summed E-state index contributed by atoms with van der Waals surface area (Å²) in [4.78, 5) is 25.5. The van der Waals surface area contributed by atoms with E-state index in [1.54, 1.807) is 17.0 Å². The number of piperidine rings is 1. The molecule has 2 atom stereocenters. The molecule has 0 spiro atoms. The van der Waals surface area contributed by atoms with Crippen molar-refractivity contribution in [1.82, 2.24) is 10.6 Å². The number of ether oxygens (including phenoxy) is 1. The summed E-state index contributed by atoms with van der Waals surface area (Å²) in [5, 5.41) is 6.38. The minimum atomic E-state index is -0.102. The summed E-state index contributed by atoms with van der Waals surface area (Å²) < 4.78 is 5.55. The van der Waals surface area contributed by atoms with E-state index in [4.69, 9.17) is 4.74 Å². The van der Waals surface area contributed by atoms with E-state index in [-0.39, 0.29) is 24.5 Å². The molecule has 2 unspecified atom stereocenters. The minimum absolute atomic E-state index is 0.00517. The van der Waals surface area contributed by atoms with E-state index in [9.17, 15) is 9.59 Å². The van der Waals surface area contributed by atoms with Gasteiger partial charge >= 0.3 is 0 Å². The highest BCUT2D eigenvalue weighted by Crippen LogP contribution is 2.23. The molecule has 0 aromatic heterocycles. The molecule has 6 nitrogen and oxygen atoms in total. The van der Waals surface area contributed by atoms with Crippen molar-refractivity contribution in [3.8, 4) is 5.75 Å². The van der Waals surface area contributed by atoms with Gasteiger partial charge in [0, 0.05) is 30.7 Å². The summed E-state index contributed by atoms with van der Waals surface area (Å²) in [5.74, 6) is 0.697. The maximum absolute atomic E-state index is 12.0. The van der Waals surface area contributed by atoms with Gasteiger partial charge in [-0.05, 0) is 57.0 Å². The van der Waals surface area contributed by atoms with Crippen LogP contribution in [0, 0.1) is 0 Å². The molecule has 0 bridgehead atoms. The van der Waals surface area contributed by atoms with Crippen LogP contribution >= 0.6 is 0 Å². The highest BCUT2D eigenvalue weighted by atomic mass is 16.5. The average Bonchev–Trinajstić information content (AvgIpc) is 3.02. The fourth-order valence-electron chi connectivity index (χ4n) is 3.28. The highest BCUT2D eigenvalue weighted by Gasteiger charge is 2.23. The molecule has 0 aliphatic carbocycles. The molecular formula is C18H25N3O3. The van der Waals surface area contributed by atoms with Crippen molar-refractivity contribution in [3.05, 3.63) is 24.3 Å². The summed E-state index contributed by atoms with van der Waals surface area (Å²) in [5.41, 5.74) is 0.886. The van der Waals surface area contributed by atoms with Crippen molar-refractivity contribution in [2.75, 3.05) is 24.6 Å². The molecule has 3 rings (SSSR count). The van der Waals surface area contributed by atoms with E-state index >= 15 is 0 Å². The normalized spacial score (nSPS) is 24.0. The quantitative estimate of drug-likeness (QED) is 0.857. The zero-order chi connectivity index (χ0) is 16.9. The number of carbonyl (C=O) groups is 2. The molecule has 2 N–H and O–H groups in total. The van der Waals surface area contributed by atoms with E-state index in [1.165, 1.54) is 0 Å². The van der Waals surface area contributed by atoms with Crippen LogP contribution in [0.25, 0.3) is 0 Å². The van der Waals surface area contributed by atoms with Gasteiger partial charge in [0.05, 0.1) is 0 Å². The zero-order valence-corrected chi connectivity index (χ0v) is 14.1. The second-order valence-electron chi connectivity index (χ2n) is 6.49. The number of benzene rings is 1. The highest BCUT2D eigenvalue weighted by molar-refractivity contribution is 5.95. The third-order valence-corrected chi connectivity index (χ3v) is 4.70. The van der Waals surface area contributed by atoms with Gasteiger partial charge in [-0.3, -0.25) is 9.59 Å². The van der Waals surface area contributed by atoms with E-state index < -0.39 is 0 Å². The standard InChI is InChI=1S/C18H25N3O3/c1-13-16(4-2-10-19-13)20-17(22)12-24-15-8-6-14(7-9-15)21-11-3-5-18(21)23/h6-9,13,16,19H,2-5,10-12H2,1H3,(H,20,22). The Morgan fingerprint density at radius 1 is 1.33 bits per heavy atom. The minimum Gasteiger partial charge on any atom is -0.484 e. The van der Waals surface area contributed by atoms with E-state index in [1.807, 2.05) is 12.1 Å². The van der Waals surface area contributed by atoms with E-state index in [0.717, 1.165) is 38.0 Å². The van der Waals surface area contributed by atoms with Crippen molar-refractivity contribution >= 4 is 17.5 Å². The fraction of sp³-hybridized carbons (Fsp3) is 0.556. The average molecular weight is 331 g/mol. The fourth-order valence-corrected chi connectivity index (χ4v) is 3.28. The molecular weight excluding hydrogens is 306 g/mol. The van der Waals surface area contributed by atoms with Crippen molar-refractivity contribution in [2.45, 2.75) is 44.7 Å². The third-order valence-electron chi connectivity index (χ3n) is 4.70. The predicted molar refractivity (Wildman–Crippen MR) is 92.2 cm³/mol. The predicted octanol–water partition coefficient (Wildman–Crippen LogP) is 1.45. The number of carbonyl (C=O) groups excluding carboxylic acids is 2. The third kappa shape index (κ3) is 4.06. The maximum Gasteiger partial charge on any atom is 0.258 e. The van der Waals surface area contributed by atoms with Crippen LogP contribution in [0.2, 0.25) is 0 Å². The summed E-state index contributed by atoms with van der Waals surface area (Å²) in [7, 11) is 0. The maximum atomic E-state index is 12.0. The van der Waals surface area contributed by atoms with Gasteiger partial charge in [0.2, 0.25) is 5.91 Å². The molecule has 1 aromatic carbocycles. The van der Waals surface area contributed by atoms with Crippen LogP contribution < -0.4 is 20.3 Å². The molecule has 2 aliphatic heterocycles. The number of nitrogens with zero attached hydrogens (tertiary/aromatic N) is 1. The number of amides is 2. The largest absolute Gasteiger partial charge is 0.484 e. The first-order chi connectivity index (χ1) is 11.6. The first kappa shape index (κ1) is 16.8.